The molecular weight excluding hydrogens is 261 g/mol. The van der Waals surface area contributed by atoms with Crippen LogP contribution in [-0.4, -0.2) is 21.3 Å². The molecule has 0 fully saturated rings. The summed E-state index contributed by atoms with van der Waals surface area (Å²) in [5.41, 5.74) is -0.0168. The molecule has 0 unspecified atom stereocenters. The molecule has 0 saturated carbocycles. The van der Waals surface area contributed by atoms with E-state index in [1.54, 1.807) is 0 Å². The van der Waals surface area contributed by atoms with Gasteiger partial charge in [-0.05, 0) is 30.3 Å². The van der Waals surface area contributed by atoms with Crippen molar-refractivity contribution in [1.82, 2.24) is 10.2 Å². The van der Waals surface area contributed by atoms with Crippen LogP contribution in [0.3, 0.4) is 0 Å². The third-order valence-corrected chi connectivity index (χ3v) is 2.31. The number of aromatic carboxylic acids is 1. The Hall–Kier alpha value is -2.21. The lowest BCUT2D eigenvalue weighted by Crippen LogP contribution is -2.01. The van der Waals surface area contributed by atoms with E-state index in [2.05, 4.69) is 15.5 Å². The molecule has 0 spiro atoms. The summed E-state index contributed by atoms with van der Waals surface area (Å²) in [5, 5.41) is 18.9. The molecule has 0 radical (unpaired) electrons. The van der Waals surface area contributed by atoms with Gasteiger partial charge in [-0.3, -0.25) is 0 Å². The zero-order valence-corrected chi connectivity index (χ0v) is 9.65. The lowest BCUT2D eigenvalue weighted by molar-refractivity contribution is 0.0696. The average Bonchev–Trinajstić information content (AvgIpc) is 2.34. The molecule has 2 N–H and O–H groups in total. The zero-order valence-electron chi connectivity index (χ0n) is 8.89. The Balaban J connectivity index is 2.24. The van der Waals surface area contributed by atoms with Gasteiger partial charge in [-0.2, -0.15) is 0 Å². The third kappa shape index (κ3) is 2.72. The first-order valence-corrected chi connectivity index (χ1v) is 5.23. The van der Waals surface area contributed by atoms with Crippen LogP contribution < -0.4 is 5.32 Å². The Morgan fingerprint density at radius 1 is 1.28 bits per heavy atom. The Kier molecular flexibility index (Phi) is 3.38. The van der Waals surface area contributed by atoms with Crippen molar-refractivity contribution in [3.8, 4) is 0 Å². The highest BCUT2D eigenvalue weighted by molar-refractivity contribution is 6.29. The van der Waals surface area contributed by atoms with Crippen LogP contribution in [-0.2, 0) is 0 Å². The highest BCUT2D eigenvalue weighted by Crippen LogP contribution is 2.20. The largest absolute Gasteiger partial charge is 0.478 e. The normalized spacial score (nSPS) is 10.1. The van der Waals surface area contributed by atoms with Crippen LogP contribution in [0.25, 0.3) is 0 Å². The highest BCUT2D eigenvalue weighted by atomic mass is 35.5. The number of rotatable bonds is 3. The Morgan fingerprint density at radius 2 is 2.06 bits per heavy atom. The molecule has 0 aliphatic carbocycles. The Labute approximate surface area is 106 Å². The standard InChI is InChI=1S/C11H7ClFN3O2/c12-9-3-4-10(16-15-9)14-8-2-1-6(11(17)18)5-7(8)13/h1-5H,(H,14,16)(H,17,18). The lowest BCUT2D eigenvalue weighted by Gasteiger charge is -2.06. The van der Waals surface area contributed by atoms with Crippen LogP contribution in [0.15, 0.2) is 30.3 Å². The molecule has 18 heavy (non-hydrogen) atoms. The minimum absolute atomic E-state index is 0.108. The quantitative estimate of drug-likeness (QED) is 0.894. The molecule has 5 nitrogen and oxygen atoms in total. The second-order valence-corrected chi connectivity index (χ2v) is 3.75. The van der Waals surface area contributed by atoms with Gasteiger partial charge in [0.25, 0.3) is 0 Å². The topological polar surface area (TPSA) is 75.1 Å². The predicted octanol–water partition coefficient (Wildman–Crippen LogP) is 2.71. The fraction of sp³-hybridized carbons (Fsp3) is 0. The van der Waals surface area contributed by atoms with E-state index in [9.17, 15) is 9.18 Å². The maximum Gasteiger partial charge on any atom is 0.335 e. The van der Waals surface area contributed by atoms with Crippen LogP contribution in [0.2, 0.25) is 5.15 Å². The van der Waals surface area contributed by atoms with E-state index in [1.807, 2.05) is 0 Å². The molecule has 1 aromatic heterocycles. The highest BCUT2D eigenvalue weighted by Gasteiger charge is 2.08. The first-order valence-electron chi connectivity index (χ1n) is 4.85. The van der Waals surface area contributed by atoms with E-state index in [0.29, 0.717) is 5.82 Å². The van der Waals surface area contributed by atoms with E-state index < -0.39 is 11.8 Å². The molecule has 1 aromatic carbocycles. The summed E-state index contributed by atoms with van der Waals surface area (Å²) in [6.45, 7) is 0. The van der Waals surface area contributed by atoms with Gasteiger partial charge in [0, 0.05) is 0 Å². The van der Waals surface area contributed by atoms with Crippen LogP contribution >= 0.6 is 11.6 Å². The van der Waals surface area contributed by atoms with Crippen LogP contribution in [0.4, 0.5) is 15.9 Å². The number of nitrogens with zero attached hydrogens (tertiary/aromatic N) is 2. The zero-order chi connectivity index (χ0) is 13.1. The fourth-order valence-electron chi connectivity index (χ4n) is 1.27. The molecule has 2 aromatic rings. The summed E-state index contributed by atoms with van der Waals surface area (Å²) in [4.78, 5) is 10.6. The van der Waals surface area contributed by atoms with Crippen molar-refractivity contribution in [2.24, 2.45) is 0 Å². The van der Waals surface area contributed by atoms with Gasteiger partial charge in [0.2, 0.25) is 0 Å². The number of carboxylic acid groups (broad SMARTS) is 1. The molecule has 1 heterocycles. The third-order valence-electron chi connectivity index (χ3n) is 2.11. The van der Waals surface area contributed by atoms with Crippen molar-refractivity contribution in [2.45, 2.75) is 0 Å². The number of benzene rings is 1. The summed E-state index contributed by atoms with van der Waals surface area (Å²) in [7, 11) is 0. The molecule has 0 aliphatic rings. The second-order valence-electron chi connectivity index (χ2n) is 3.37. The van der Waals surface area contributed by atoms with E-state index in [1.165, 1.54) is 24.3 Å². The summed E-state index contributed by atoms with van der Waals surface area (Å²) in [6, 6.07) is 6.56. The molecule has 0 bridgehead atoms. The van der Waals surface area contributed by atoms with Crippen LogP contribution in [0.1, 0.15) is 10.4 Å². The first-order chi connectivity index (χ1) is 8.56. The molecule has 0 amide bonds. The maximum atomic E-state index is 13.6. The van der Waals surface area contributed by atoms with E-state index in [4.69, 9.17) is 16.7 Å². The molecule has 0 saturated heterocycles. The fourth-order valence-corrected chi connectivity index (χ4v) is 1.37. The average molecular weight is 268 g/mol. The van der Waals surface area contributed by atoms with Crippen LogP contribution in [0.5, 0.6) is 0 Å². The van der Waals surface area contributed by atoms with Crippen LogP contribution in [0, 0.1) is 5.82 Å². The van der Waals surface area contributed by atoms with E-state index >= 15 is 0 Å². The van der Waals surface area contributed by atoms with Gasteiger partial charge >= 0.3 is 5.97 Å². The SMILES string of the molecule is O=C(O)c1ccc(Nc2ccc(Cl)nn2)c(F)c1. The minimum atomic E-state index is -1.19. The molecular formula is C11H7ClFN3O2. The smallest absolute Gasteiger partial charge is 0.335 e. The molecule has 7 heteroatoms. The summed E-state index contributed by atoms with van der Waals surface area (Å²) < 4.78 is 13.6. The number of hydrogen-bond donors (Lipinski definition) is 2. The molecule has 2 rings (SSSR count). The number of carboxylic acids is 1. The monoisotopic (exact) mass is 267 g/mol. The van der Waals surface area contributed by atoms with Gasteiger partial charge < -0.3 is 10.4 Å². The maximum absolute atomic E-state index is 13.6. The molecule has 92 valence electrons. The number of carbonyl (C=O) groups is 1. The van der Waals surface area contributed by atoms with Gasteiger partial charge in [0.1, 0.15) is 5.82 Å². The summed E-state index contributed by atoms with van der Waals surface area (Å²) in [6.07, 6.45) is 0. The Morgan fingerprint density at radius 3 is 2.61 bits per heavy atom. The number of nitrogens with one attached hydrogen (secondary N) is 1. The minimum Gasteiger partial charge on any atom is -0.478 e. The number of halogens is 2. The van der Waals surface area contributed by atoms with E-state index in [0.717, 1.165) is 6.07 Å². The van der Waals surface area contributed by atoms with Crippen molar-refractivity contribution < 1.29 is 14.3 Å². The van der Waals surface area contributed by atoms with Gasteiger partial charge in [-0.1, -0.05) is 11.6 Å². The van der Waals surface area contributed by atoms with Gasteiger partial charge in [-0.25, -0.2) is 9.18 Å². The molecule has 0 aliphatic heterocycles. The van der Waals surface area contributed by atoms with Crippen molar-refractivity contribution in [2.75, 3.05) is 5.32 Å². The molecule has 0 atom stereocenters. The first kappa shape index (κ1) is 12.3. The van der Waals surface area contributed by atoms with Crippen molar-refractivity contribution in [1.29, 1.82) is 0 Å². The number of anilines is 2. The van der Waals surface area contributed by atoms with Crippen molar-refractivity contribution in [3.63, 3.8) is 0 Å². The van der Waals surface area contributed by atoms with Gasteiger partial charge in [0.15, 0.2) is 11.0 Å². The van der Waals surface area contributed by atoms with E-state index in [-0.39, 0.29) is 16.4 Å². The lowest BCUT2D eigenvalue weighted by atomic mass is 10.2. The summed E-state index contributed by atoms with van der Waals surface area (Å²) in [5.74, 6) is -1.57. The van der Waals surface area contributed by atoms with Crippen molar-refractivity contribution >= 4 is 29.1 Å². The predicted molar refractivity (Wildman–Crippen MR) is 63.7 cm³/mol. The number of aromatic nitrogens is 2. The second kappa shape index (κ2) is 4.97. The van der Waals surface area contributed by atoms with Gasteiger partial charge in [-0.15, -0.1) is 10.2 Å². The van der Waals surface area contributed by atoms with Crippen molar-refractivity contribution in [3.05, 3.63) is 46.9 Å². The van der Waals surface area contributed by atoms with Gasteiger partial charge in [0.05, 0.1) is 11.3 Å². The summed E-state index contributed by atoms with van der Waals surface area (Å²) >= 11 is 5.56. The number of hydrogen-bond acceptors (Lipinski definition) is 4. The Bertz CT molecular complexity index is 589.